The maximum Gasteiger partial charge on any atom is 0.354 e. The third-order valence-electron chi connectivity index (χ3n) is 3.55. The lowest BCUT2D eigenvalue weighted by atomic mass is 10.0. The van der Waals surface area contributed by atoms with Crippen molar-refractivity contribution < 1.29 is 19.2 Å². The molecule has 0 saturated heterocycles. The van der Waals surface area contributed by atoms with E-state index < -0.39 is 16.8 Å². The quantitative estimate of drug-likeness (QED) is 0.390. The molecule has 1 amide bonds. The predicted molar refractivity (Wildman–Crippen MR) is 91.6 cm³/mol. The standard InChI is InChI=1S/C18H16N2O5/c1-12(13-8-10-15(11-9-13)20(23)24)16(18(22)25-2)19-17(21)14-6-4-3-5-7-14/h3-11H,1-2H3,(H,19,21). The summed E-state index contributed by atoms with van der Waals surface area (Å²) in [4.78, 5) is 34.6. The Morgan fingerprint density at radius 3 is 2.12 bits per heavy atom. The average molecular weight is 340 g/mol. The second-order valence-electron chi connectivity index (χ2n) is 5.12. The SMILES string of the molecule is COC(=O)C(NC(=O)c1ccccc1)=C(C)c1ccc([N+](=O)[O-])cc1. The Hall–Kier alpha value is -3.48. The molecule has 0 aliphatic heterocycles. The molecule has 2 aromatic carbocycles. The molecule has 0 heterocycles. The van der Waals surface area contributed by atoms with Gasteiger partial charge in [0.15, 0.2) is 0 Å². The van der Waals surface area contributed by atoms with Crippen LogP contribution in [0.5, 0.6) is 0 Å². The highest BCUT2D eigenvalue weighted by molar-refractivity contribution is 6.05. The maximum absolute atomic E-state index is 12.3. The van der Waals surface area contributed by atoms with Gasteiger partial charge in [0, 0.05) is 17.7 Å². The Labute approximate surface area is 144 Å². The van der Waals surface area contributed by atoms with Crippen LogP contribution in [-0.2, 0) is 9.53 Å². The molecule has 0 aliphatic rings. The van der Waals surface area contributed by atoms with Gasteiger partial charge in [0.25, 0.3) is 11.6 Å². The van der Waals surface area contributed by atoms with Crippen molar-refractivity contribution >= 4 is 23.1 Å². The number of hydrogen-bond acceptors (Lipinski definition) is 5. The summed E-state index contributed by atoms with van der Waals surface area (Å²) in [7, 11) is 1.21. The zero-order valence-corrected chi connectivity index (χ0v) is 13.7. The first kappa shape index (κ1) is 17.9. The van der Waals surface area contributed by atoms with Crippen LogP contribution in [0.15, 0.2) is 60.3 Å². The van der Waals surface area contributed by atoms with Crippen molar-refractivity contribution in [3.63, 3.8) is 0 Å². The molecule has 25 heavy (non-hydrogen) atoms. The lowest BCUT2D eigenvalue weighted by molar-refractivity contribution is -0.384. The third kappa shape index (κ3) is 4.29. The van der Waals surface area contributed by atoms with Gasteiger partial charge in [-0.25, -0.2) is 4.79 Å². The van der Waals surface area contributed by atoms with E-state index in [-0.39, 0.29) is 11.4 Å². The first-order chi connectivity index (χ1) is 11.9. The molecule has 0 saturated carbocycles. The Balaban J connectivity index is 2.37. The molecule has 0 radical (unpaired) electrons. The van der Waals surface area contributed by atoms with Gasteiger partial charge in [0.05, 0.1) is 12.0 Å². The van der Waals surface area contributed by atoms with Crippen LogP contribution in [-0.4, -0.2) is 23.9 Å². The van der Waals surface area contributed by atoms with Gasteiger partial charge in [-0.1, -0.05) is 18.2 Å². The minimum Gasteiger partial charge on any atom is -0.464 e. The van der Waals surface area contributed by atoms with Crippen molar-refractivity contribution in [1.29, 1.82) is 0 Å². The highest BCUT2D eigenvalue weighted by atomic mass is 16.6. The number of carbonyl (C=O) groups excluding carboxylic acids is 2. The molecule has 0 aliphatic carbocycles. The summed E-state index contributed by atoms with van der Waals surface area (Å²) in [5, 5.41) is 13.3. The number of non-ortho nitro benzene ring substituents is 1. The topological polar surface area (TPSA) is 98.5 Å². The van der Waals surface area contributed by atoms with Crippen LogP contribution >= 0.6 is 0 Å². The van der Waals surface area contributed by atoms with E-state index in [4.69, 9.17) is 4.74 Å². The summed E-state index contributed by atoms with van der Waals surface area (Å²) in [6.45, 7) is 1.62. The number of rotatable bonds is 5. The molecule has 0 atom stereocenters. The average Bonchev–Trinajstić information content (AvgIpc) is 2.65. The Kier molecular flexibility index (Phi) is 5.62. The lowest BCUT2D eigenvalue weighted by Gasteiger charge is -2.12. The summed E-state index contributed by atoms with van der Waals surface area (Å²) in [5.74, 6) is -1.16. The highest BCUT2D eigenvalue weighted by Crippen LogP contribution is 2.21. The van der Waals surface area contributed by atoms with E-state index in [1.807, 2.05) is 0 Å². The van der Waals surface area contributed by atoms with Gasteiger partial charge in [0.1, 0.15) is 5.70 Å². The molecular weight excluding hydrogens is 324 g/mol. The summed E-state index contributed by atoms with van der Waals surface area (Å²) < 4.78 is 4.73. The molecule has 0 spiro atoms. The molecule has 0 aromatic heterocycles. The van der Waals surface area contributed by atoms with Gasteiger partial charge in [0.2, 0.25) is 0 Å². The second-order valence-corrected chi connectivity index (χ2v) is 5.12. The number of nitrogens with one attached hydrogen (secondary N) is 1. The summed E-state index contributed by atoms with van der Waals surface area (Å²) in [5.41, 5.74) is 1.29. The minimum absolute atomic E-state index is 0.0230. The number of amides is 1. The number of nitro benzene ring substituents is 1. The summed E-state index contributed by atoms with van der Waals surface area (Å²) in [6.07, 6.45) is 0. The van der Waals surface area contributed by atoms with Gasteiger partial charge < -0.3 is 10.1 Å². The van der Waals surface area contributed by atoms with Crippen LogP contribution in [0.1, 0.15) is 22.8 Å². The van der Waals surface area contributed by atoms with E-state index >= 15 is 0 Å². The van der Waals surface area contributed by atoms with Crippen LogP contribution in [0.2, 0.25) is 0 Å². The number of benzene rings is 2. The van der Waals surface area contributed by atoms with E-state index in [1.54, 1.807) is 37.3 Å². The second kappa shape index (κ2) is 7.87. The number of allylic oxidation sites excluding steroid dienone is 1. The van der Waals surface area contributed by atoms with Gasteiger partial charge in [-0.3, -0.25) is 14.9 Å². The largest absolute Gasteiger partial charge is 0.464 e. The summed E-state index contributed by atoms with van der Waals surface area (Å²) >= 11 is 0. The first-order valence-electron chi connectivity index (χ1n) is 7.34. The normalized spacial score (nSPS) is 11.3. The van der Waals surface area contributed by atoms with E-state index in [0.717, 1.165) is 0 Å². The fourth-order valence-electron chi connectivity index (χ4n) is 2.15. The van der Waals surface area contributed by atoms with Crippen LogP contribution in [0.4, 0.5) is 5.69 Å². The van der Waals surface area contributed by atoms with E-state index in [1.165, 1.54) is 31.4 Å². The Morgan fingerprint density at radius 1 is 1.00 bits per heavy atom. The van der Waals surface area contributed by atoms with Gasteiger partial charge in [-0.15, -0.1) is 0 Å². The van der Waals surface area contributed by atoms with Crippen LogP contribution in [0.3, 0.4) is 0 Å². The molecule has 1 N–H and O–H groups in total. The van der Waals surface area contributed by atoms with Crippen molar-refractivity contribution in [1.82, 2.24) is 5.32 Å². The number of hydrogen-bond donors (Lipinski definition) is 1. The minimum atomic E-state index is -0.708. The van der Waals surface area contributed by atoms with Crippen LogP contribution in [0.25, 0.3) is 5.57 Å². The molecular formula is C18H16N2O5. The van der Waals surface area contributed by atoms with Crippen molar-refractivity contribution in [2.45, 2.75) is 6.92 Å². The molecule has 7 nitrogen and oxygen atoms in total. The summed E-state index contributed by atoms with van der Waals surface area (Å²) in [6, 6.07) is 14.1. The van der Waals surface area contributed by atoms with Crippen LogP contribution < -0.4 is 5.32 Å². The van der Waals surface area contributed by atoms with Crippen LogP contribution in [0, 0.1) is 10.1 Å². The predicted octanol–water partition coefficient (Wildman–Crippen LogP) is 2.93. The lowest BCUT2D eigenvalue weighted by Crippen LogP contribution is -2.29. The maximum atomic E-state index is 12.3. The Bertz CT molecular complexity index is 826. The van der Waals surface area contributed by atoms with Crippen molar-refractivity contribution in [2.75, 3.05) is 7.11 Å². The fourth-order valence-corrected chi connectivity index (χ4v) is 2.15. The number of carbonyl (C=O) groups is 2. The van der Waals surface area contributed by atoms with Gasteiger partial charge >= 0.3 is 5.97 Å². The van der Waals surface area contributed by atoms with Gasteiger partial charge in [-0.05, 0) is 42.3 Å². The van der Waals surface area contributed by atoms with Crippen molar-refractivity contribution in [2.24, 2.45) is 0 Å². The first-order valence-corrected chi connectivity index (χ1v) is 7.34. The van der Waals surface area contributed by atoms with E-state index in [2.05, 4.69) is 5.32 Å². The smallest absolute Gasteiger partial charge is 0.354 e. The van der Waals surface area contributed by atoms with Crippen molar-refractivity contribution in [3.8, 4) is 0 Å². The zero-order valence-electron chi connectivity index (χ0n) is 13.7. The molecule has 7 heteroatoms. The van der Waals surface area contributed by atoms with Gasteiger partial charge in [-0.2, -0.15) is 0 Å². The van der Waals surface area contributed by atoms with E-state index in [9.17, 15) is 19.7 Å². The molecule has 0 bridgehead atoms. The molecule has 128 valence electrons. The molecule has 2 rings (SSSR count). The Morgan fingerprint density at radius 2 is 1.60 bits per heavy atom. The molecule has 2 aromatic rings. The third-order valence-corrected chi connectivity index (χ3v) is 3.55. The number of ether oxygens (including phenoxy) is 1. The van der Waals surface area contributed by atoms with Crippen molar-refractivity contribution in [3.05, 3.63) is 81.5 Å². The van der Waals surface area contributed by atoms with E-state index in [0.29, 0.717) is 16.7 Å². The monoisotopic (exact) mass is 340 g/mol. The number of esters is 1. The zero-order chi connectivity index (χ0) is 18.4. The highest BCUT2D eigenvalue weighted by Gasteiger charge is 2.19. The number of nitro groups is 1. The number of methoxy groups -OCH3 is 1. The molecule has 0 unspecified atom stereocenters. The number of nitrogens with zero attached hydrogens (tertiary/aromatic N) is 1. The fraction of sp³-hybridized carbons (Fsp3) is 0.111. The molecule has 0 fully saturated rings.